The van der Waals surface area contributed by atoms with Crippen LogP contribution in [-0.2, 0) is 11.2 Å². The Kier molecular flexibility index (Phi) is 4.90. The monoisotopic (exact) mass is 240 g/mol. The Morgan fingerprint density at radius 3 is 2.94 bits per heavy atom. The van der Waals surface area contributed by atoms with Crippen molar-refractivity contribution in [3.8, 4) is 0 Å². The average molecular weight is 240 g/mol. The summed E-state index contributed by atoms with van der Waals surface area (Å²) in [6.07, 6.45) is -0.250. The lowest BCUT2D eigenvalue weighted by atomic mass is 10.1. The molecule has 5 nitrogen and oxygen atoms in total. The highest BCUT2D eigenvalue weighted by Crippen LogP contribution is 2.11. The molecule has 0 aliphatic rings. The number of benzene rings is 1. The fourth-order valence-corrected chi connectivity index (χ4v) is 1.21. The number of hydrogen-bond acceptors (Lipinski definition) is 2. The lowest BCUT2D eigenvalue weighted by molar-refractivity contribution is -0.120. The van der Waals surface area contributed by atoms with Gasteiger partial charge in [-0.25, -0.2) is 8.78 Å². The summed E-state index contributed by atoms with van der Waals surface area (Å²) in [5.41, 5.74) is 7.98. The van der Waals surface area contributed by atoms with Crippen LogP contribution in [0.1, 0.15) is 5.56 Å². The first-order chi connectivity index (χ1) is 8.15. The highest BCUT2D eigenvalue weighted by atomic mass is 19.2. The minimum Gasteiger partial charge on any atom is -0.356 e. The maximum atomic E-state index is 13.2. The molecule has 7 heteroatoms. The van der Waals surface area contributed by atoms with E-state index >= 15 is 0 Å². The standard InChI is InChI=1S/C10H10F2N4O/c11-8-3-1-2-7(10(8)12)6-9(17)14-4-5-15-16-13/h1-3H,4-6H2,(H,14,17). The summed E-state index contributed by atoms with van der Waals surface area (Å²) in [6.45, 7) is 0.285. The number of amides is 1. The summed E-state index contributed by atoms with van der Waals surface area (Å²) in [6, 6.07) is 3.66. The van der Waals surface area contributed by atoms with Gasteiger partial charge >= 0.3 is 0 Å². The van der Waals surface area contributed by atoms with Crippen molar-refractivity contribution in [3.63, 3.8) is 0 Å². The van der Waals surface area contributed by atoms with Crippen molar-refractivity contribution in [1.82, 2.24) is 5.32 Å². The van der Waals surface area contributed by atoms with E-state index in [9.17, 15) is 13.6 Å². The first-order valence-corrected chi connectivity index (χ1v) is 4.85. The number of halogens is 2. The molecule has 0 saturated carbocycles. The first kappa shape index (κ1) is 12.9. The molecular weight excluding hydrogens is 230 g/mol. The van der Waals surface area contributed by atoms with Gasteiger partial charge in [0.05, 0.1) is 6.42 Å². The Hall–Kier alpha value is -2.14. The molecule has 0 fully saturated rings. The third kappa shape index (κ3) is 4.08. The molecule has 1 aromatic carbocycles. The van der Waals surface area contributed by atoms with E-state index in [1.807, 2.05) is 0 Å². The second kappa shape index (κ2) is 6.44. The topological polar surface area (TPSA) is 77.9 Å². The SMILES string of the molecule is [N-]=[N+]=NCCNC(=O)Cc1cccc(F)c1F. The van der Waals surface area contributed by atoms with E-state index in [0.717, 1.165) is 6.07 Å². The van der Waals surface area contributed by atoms with Gasteiger partial charge < -0.3 is 5.32 Å². The molecule has 0 aliphatic heterocycles. The maximum Gasteiger partial charge on any atom is 0.224 e. The molecule has 0 heterocycles. The average Bonchev–Trinajstić information content (AvgIpc) is 2.31. The van der Waals surface area contributed by atoms with Crippen LogP contribution in [0.3, 0.4) is 0 Å². The molecule has 0 saturated heterocycles. The number of azide groups is 1. The highest BCUT2D eigenvalue weighted by Gasteiger charge is 2.10. The van der Waals surface area contributed by atoms with Crippen molar-refractivity contribution in [2.45, 2.75) is 6.42 Å². The molecule has 90 valence electrons. The van der Waals surface area contributed by atoms with Crippen molar-refractivity contribution in [2.75, 3.05) is 13.1 Å². The number of nitrogens with one attached hydrogen (secondary N) is 1. The van der Waals surface area contributed by atoms with Crippen LogP contribution < -0.4 is 5.32 Å². The van der Waals surface area contributed by atoms with E-state index in [1.165, 1.54) is 12.1 Å². The van der Waals surface area contributed by atoms with Gasteiger partial charge in [-0.2, -0.15) is 0 Å². The predicted octanol–water partition coefficient (Wildman–Crippen LogP) is 1.93. The van der Waals surface area contributed by atoms with E-state index < -0.39 is 17.5 Å². The van der Waals surface area contributed by atoms with Crippen LogP contribution in [0.2, 0.25) is 0 Å². The summed E-state index contributed by atoms with van der Waals surface area (Å²) >= 11 is 0. The van der Waals surface area contributed by atoms with Crippen LogP contribution in [0.15, 0.2) is 23.3 Å². The largest absolute Gasteiger partial charge is 0.356 e. The molecule has 0 aromatic heterocycles. The zero-order chi connectivity index (χ0) is 12.7. The Labute approximate surface area is 96.1 Å². The summed E-state index contributed by atoms with van der Waals surface area (Å²) in [5.74, 6) is -2.45. The number of hydrogen-bond donors (Lipinski definition) is 1. The second-order valence-electron chi connectivity index (χ2n) is 3.19. The van der Waals surface area contributed by atoms with E-state index in [1.54, 1.807) is 0 Å². The van der Waals surface area contributed by atoms with Gasteiger partial charge in [0.15, 0.2) is 11.6 Å². The maximum absolute atomic E-state index is 13.2. The number of carbonyl (C=O) groups is 1. The third-order valence-corrected chi connectivity index (χ3v) is 1.98. The quantitative estimate of drug-likeness (QED) is 0.363. The van der Waals surface area contributed by atoms with Gasteiger partial charge in [0, 0.05) is 23.6 Å². The van der Waals surface area contributed by atoms with Crippen LogP contribution in [0.25, 0.3) is 10.4 Å². The van der Waals surface area contributed by atoms with Crippen LogP contribution in [0, 0.1) is 11.6 Å². The van der Waals surface area contributed by atoms with Gasteiger partial charge in [-0.1, -0.05) is 17.2 Å². The molecule has 1 aromatic rings. The van der Waals surface area contributed by atoms with Gasteiger partial charge in [-0.05, 0) is 11.6 Å². The third-order valence-electron chi connectivity index (χ3n) is 1.98. The van der Waals surface area contributed by atoms with Gasteiger partial charge in [-0.15, -0.1) is 0 Å². The van der Waals surface area contributed by atoms with Crippen LogP contribution in [0.5, 0.6) is 0 Å². The predicted molar refractivity (Wildman–Crippen MR) is 57.1 cm³/mol. The lowest BCUT2D eigenvalue weighted by Gasteiger charge is -2.04. The molecular formula is C10H10F2N4O. The molecule has 0 radical (unpaired) electrons. The molecule has 0 spiro atoms. The second-order valence-corrected chi connectivity index (χ2v) is 3.19. The molecule has 1 amide bonds. The molecule has 1 N–H and O–H groups in total. The number of rotatable bonds is 5. The van der Waals surface area contributed by atoms with E-state index in [0.29, 0.717) is 0 Å². The number of nitrogens with zero attached hydrogens (tertiary/aromatic N) is 3. The minimum atomic E-state index is -1.02. The Bertz CT molecular complexity index is 458. The fourth-order valence-electron chi connectivity index (χ4n) is 1.21. The zero-order valence-electron chi connectivity index (χ0n) is 8.86. The summed E-state index contributed by atoms with van der Waals surface area (Å²) in [7, 11) is 0. The van der Waals surface area contributed by atoms with Crippen molar-refractivity contribution in [3.05, 3.63) is 45.8 Å². The van der Waals surface area contributed by atoms with Crippen molar-refractivity contribution < 1.29 is 13.6 Å². The molecule has 0 aliphatic carbocycles. The molecule has 17 heavy (non-hydrogen) atoms. The van der Waals surface area contributed by atoms with Crippen LogP contribution in [-0.4, -0.2) is 19.0 Å². The van der Waals surface area contributed by atoms with Gasteiger partial charge in [0.25, 0.3) is 0 Å². The Morgan fingerprint density at radius 2 is 2.24 bits per heavy atom. The van der Waals surface area contributed by atoms with E-state index in [2.05, 4.69) is 15.3 Å². The summed E-state index contributed by atoms with van der Waals surface area (Å²) in [4.78, 5) is 13.8. The highest BCUT2D eigenvalue weighted by molar-refractivity contribution is 5.78. The van der Waals surface area contributed by atoms with Gasteiger partial charge in [0.2, 0.25) is 5.91 Å². The van der Waals surface area contributed by atoms with Gasteiger partial charge in [0.1, 0.15) is 0 Å². The number of carbonyl (C=O) groups excluding carboxylic acids is 1. The Morgan fingerprint density at radius 1 is 1.47 bits per heavy atom. The normalized spacial score (nSPS) is 9.53. The van der Waals surface area contributed by atoms with Crippen molar-refractivity contribution in [1.29, 1.82) is 0 Å². The fraction of sp³-hybridized carbons (Fsp3) is 0.300. The van der Waals surface area contributed by atoms with E-state index in [-0.39, 0.29) is 25.1 Å². The zero-order valence-corrected chi connectivity index (χ0v) is 8.86. The van der Waals surface area contributed by atoms with Crippen molar-refractivity contribution >= 4 is 5.91 Å². The molecule has 0 bridgehead atoms. The first-order valence-electron chi connectivity index (χ1n) is 4.85. The van der Waals surface area contributed by atoms with Crippen molar-refractivity contribution in [2.24, 2.45) is 5.11 Å². The lowest BCUT2D eigenvalue weighted by Crippen LogP contribution is -2.27. The molecule has 0 atom stereocenters. The van der Waals surface area contributed by atoms with Crippen LogP contribution in [0.4, 0.5) is 8.78 Å². The minimum absolute atomic E-state index is 0.00807. The summed E-state index contributed by atoms with van der Waals surface area (Å²) in [5, 5.41) is 5.63. The van der Waals surface area contributed by atoms with Crippen LogP contribution >= 0.6 is 0 Å². The summed E-state index contributed by atoms with van der Waals surface area (Å²) < 4.78 is 26.0. The Balaban J connectivity index is 2.50. The smallest absolute Gasteiger partial charge is 0.224 e. The molecule has 0 unspecified atom stereocenters. The molecule has 1 rings (SSSR count). The van der Waals surface area contributed by atoms with Gasteiger partial charge in [-0.3, -0.25) is 4.79 Å². The van der Waals surface area contributed by atoms with E-state index in [4.69, 9.17) is 5.53 Å².